The fraction of sp³-hybridized carbons (Fsp3) is 0.0526. The molecule has 3 aromatic rings. The summed E-state index contributed by atoms with van der Waals surface area (Å²) < 4.78 is 2.16. The van der Waals surface area contributed by atoms with E-state index < -0.39 is 0 Å². The van der Waals surface area contributed by atoms with E-state index in [2.05, 4.69) is 59.4 Å². The average molecular weight is 351 g/mol. The van der Waals surface area contributed by atoms with Crippen LogP contribution >= 0.6 is 0 Å². The van der Waals surface area contributed by atoms with Gasteiger partial charge in [-0.25, -0.2) is 4.57 Å². The molecule has 0 aliphatic heterocycles. The Morgan fingerprint density at radius 3 is 1.95 bits per heavy atom. The molecule has 1 heterocycles. The lowest BCUT2D eigenvalue weighted by Crippen LogP contribution is -3.00. The van der Waals surface area contributed by atoms with Crippen LogP contribution in [0.15, 0.2) is 79.1 Å². The van der Waals surface area contributed by atoms with Gasteiger partial charge in [0, 0.05) is 17.7 Å². The normalized spacial score (nSPS) is 9.59. The predicted octanol–water partition coefficient (Wildman–Crippen LogP) is 0.565. The highest BCUT2D eigenvalue weighted by Gasteiger charge is 2.04. The van der Waals surface area contributed by atoms with E-state index in [1.807, 2.05) is 30.3 Å². The van der Waals surface area contributed by atoms with Crippen molar-refractivity contribution >= 4 is 0 Å². The molecule has 0 fully saturated rings. The van der Waals surface area contributed by atoms with Gasteiger partial charge in [-0.15, -0.1) is 0 Å². The molecule has 0 saturated heterocycles. The van der Waals surface area contributed by atoms with Crippen LogP contribution in [0.2, 0.25) is 0 Å². The Labute approximate surface area is 141 Å². The zero-order valence-electron chi connectivity index (χ0n) is 12.0. The van der Waals surface area contributed by atoms with Crippen molar-refractivity contribution in [2.75, 3.05) is 0 Å². The molecule has 2 aromatic carbocycles. The molecule has 2 nitrogen and oxygen atoms in total. The van der Waals surface area contributed by atoms with Crippen LogP contribution in [0.25, 0.3) is 11.1 Å². The van der Waals surface area contributed by atoms with Crippen LogP contribution in [0.5, 0.6) is 0 Å². The van der Waals surface area contributed by atoms with Crippen LogP contribution in [-0.2, 0) is 6.54 Å². The van der Waals surface area contributed by atoms with E-state index in [0.717, 1.165) is 17.7 Å². The zero-order chi connectivity index (χ0) is 14.5. The van der Waals surface area contributed by atoms with Gasteiger partial charge in [0.05, 0.1) is 11.6 Å². The second-order valence-corrected chi connectivity index (χ2v) is 4.93. The molecule has 0 aliphatic carbocycles. The molecule has 0 spiro atoms. The van der Waals surface area contributed by atoms with E-state index in [4.69, 9.17) is 5.26 Å². The molecule has 0 saturated carbocycles. The average Bonchev–Trinajstić information content (AvgIpc) is 2.57. The number of nitrogens with zero attached hydrogens (tertiary/aromatic N) is 2. The van der Waals surface area contributed by atoms with E-state index in [9.17, 15) is 0 Å². The Balaban J connectivity index is 0.00000176. The van der Waals surface area contributed by atoms with Crippen molar-refractivity contribution in [2.45, 2.75) is 6.54 Å². The molecule has 108 valence electrons. The van der Waals surface area contributed by atoms with Crippen molar-refractivity contribution in [3.05, 3.63) is 90.3 Å². The number of aromatic nitrogens is 1. The smallest absolute Gasteiger partial charge is 0.173 e. The number of rotatable bonds is 3. The highest BCUT2D eigenvalue weighted by molar-refractivity contribution is 5.63. The van der Waals surface area contributed by atoms with Crippen LogP contribution < -0.4 is 21.5 Å². The first-order valence-electron chi connectivity index (χ1n) is 6.89. The first kappa shape index (κ1) is 15.9. The molecule has 1 aromatic heterocycles. The highest BCUT2D eigenvalue weighted by Crippen LogP contribution is 2.18. The number of hydrogen-bond acceptors (Lipinski definition) is 1. The number of halogens is 1. The predicted molar refractivity (Wildman–Crippen MR) is 82.3 cm³/mol. The molecule has 3 rings (SSSR count). The summed E-state index contributed by atoms with van der Waals surface area (Å²) in [6, 6.07) is 24.4. The van der Waals surface area contributed by atoms with E-state index >= 15 is 0 Å². The van der Waals surface area contributed by atoms with Gasteiger partial charge in [-0.1, -0.05) is 42.5 Å². The summed E-state index contributed by atoms with van der Waals surface area (Å²) in [5, 5.41) is 8.82. The molecule has 0 bridgehead atoms. The van der Waals surface area contributed by atoms with Crippen molar-refractivity contribution in [3.63, 3.8) is 0 Å². The second kappa shape index (κ2) is 7.53. The van der Waals surface area contributed by atoms with Crippen molar-refractivity contribution in [1.82, 2.24) is 0 Å². The van der Waals surface area contributed by atoms with Gasteiger partial charge in [0.25, 0.3) is 0 Å². The lowest BCUT2D eigenvalue weighted by atomic mass is 10.1. The Kier molecular flexibility index (Phi) is 5.46. The van der Waals surface area contributed by atoms with Crippen molar-refractivity contribution < 1.29 is 21.5 Å². The number of hydrogen-bond donors (Lipinski definition) is 0. The van der Waals surface area contributed by atoms with E-state index in [1.54, 1.807) is 0 Å². The third-order valence-corrected chi connectivity index (χ3v) is 3.45. The fourth-order valence-electron chi connectivity index (χ4n) is 2.29. The van der Waals surface area contributed by atoms with Gasteiger partial charge in [-0.2, -0.15) is 5.26 Å². The summed E-state index contributed by atoms with van der Waals surface area (Å²) in [6.07, 6.45) is 4.17. The third-order valence-electron chi connectivity index (χ3n) is 3.45. The Morgan fingerprint density at radius 2 is 1.36 bits per heavy atom. The van der Waals surface area contributed by atoms with Gasteiger partial charge in [0.1, 0.15) is 0 Å². The summed E-state index contributed by atoms with van der Waals surface area (Å²) in [5.74, 6) is 0. The van der Waals surface area contributed by atoms with Gasteiger partial charge in [-0.3, -0.25) is 0 Å². The minimum absolute atomic E-state index is 0. The molecule has 0 atom stereocenters. The maximum atomic E-state index is 8.82. The first-order chi connectivity index (χ1) is 10.3. The van der Waals surface area contributed by atoms with Gasteiger partial charge in [0.2, 0.25) is 0 Å². The Morgan fingerprint density at radius 1 is 0.773 bits per heavy atom. The maximum Gasteiger partial charge on any atom is 0.173 e. The molecule has 0 aliphatic rings. The summed E-state index contributed by atoms with van der Waals surface area (Å²) in [4.78, 5) is 0. The summed E-state index contributed by atoms with van der Waals surface area (Å²) in [6.45, 7) is 0.870. The monoisotopic (exact) mass is 350 g/mol. The second-order valence-electron chi connectivity index (χ2n) is 4.93. The SMILES string of the molecule is N#Cc1ccc(-c2cc[n+](Cc3ccccc3)cc2)cc1.[Br-]. The minimum atomic E-state index is 0. The van der Waals surface area contributed by atoms with E-state index in [-0.39, 0.29) is 17.0 Å². The molecule has 0 N–H and O–H groups in total. The maximum absolute atomic E-state index is 8.82. The summed E-state index contributed by atoms with van der Waals surface area (Å²) >= 11 is 0. The van der Waals surface area contributed by atoms with Crippen molar-refractivity contribution in [2.24, 2.45) is 0 Å². The zero-order valence-corrected chi connectivity index (χ0v) is 13.6. The van der Waals surface area contributed by atoms with Crippen molar-refractivity contribution in [1.29, 1.82) is 5.26 Å². The number of benzene rings is 2. The number of nitriles is 1. The highest BCUT2D eigenvalue weighted by atomic mass is 79.9. The molecular formula is C19H15BrN2. The van der Waals surface area contributed by atoms with Gasteiger partial charge >= 0.3 is 0 Å². The summed E-state index contributed by atoms with van der Waals surface area (Å²) in [7, 11) is 0. The standard InChI is InChI=1S/C19H15N2.BrH/c20-14-16-6-8-18(9-7-16)19-10-12-21(13-11-19)15-17-4-2-1-3-5-17;/h1-13H,15H2;1H/q+1;/p-1. The van der Waals surface area contributed by atoms with Crippen molar-refractivity contribution in [3.8, 4) is 17.2 Å². The van der Waals surface area contributed by atoms with E-state index in [1.165, 1.54) is 5.56 Å². The molecule has 22 heavy (non-hydrogen) atoms. The van der Waals surface area contributed by atoms with Gasteiger partial charge in [-0.05, 0) is 23.3 Å². The molecule has 3 heteroatoms. The first-order valence-corrected chi connectivity index (χ1v) is 6.89. The van der Waals surface area contributed by atoms with Crippen LogP contribution in [0.3, 0.4) is 0 Å². The molecular weight excluding hydrogens is 336 g/mol. The lowest BCUT2D eigenvalue weighted by Gasteiger charge is -2.02. The topological polar surface area (TPSA) is 27.7 Å². The summed E-state index contributed by atoms with van der Waals surface area (Å²) in [5.41, 5.74) is 4.26. The van der Waals surface area contributed by atoms with Gasteiger partial charge < -0.3 is 17.0 Å². The lowest BCUT2D eigenvalue weighted by molar-refractivity contribution is -0.688. The quantitative estimate of drug-likeness (QED) is 0.634. The van der Waals surface area contributed by atoms with Crippen LogP contribution in [0.4, 0.5) is 0 Å². The van der Waals surface area contributed by atoms with E-state index in [0.29, 0.717) is 5.56 Å². The number of pyridine rings is 1. The van der Waals surface area contributed by atoms with Gasteiger partial charge in [0.15, 0.2) is 18.9 Å². The molecule has 0 amide bonds. The van der Waals surface area contributed by atoms with Crippen LogP contribution in [0, 0.1) is 11.3 Å². The Hall–Kier alpha value is -2.44. The fourth-order valence-corrected chi connectivity index (χ4v) is 2.29. The van der Waals surface area contributed by atoms with Crippen LogP contribution in [0.1, 0.15) is 11.1 Å². The molecule has 0 radical (unpaired) electrons. The minimum Gasteiger partial charge on any atom is -1.00 e. The molecule has 0 unspecified atom stereocenters. The van der Waals surface area contributed by atoms with Crippen LogP contribution in [-0.4, -0.2) is 0 Å². The third kappa shape index (κ3) is 3.81. The largest absolute Gasteiger partial charge is 1.00 e. The Bertz CT molecular complexity index is 757.